The van der Waals surface area contributed by atoms with Gasteiger partial charge in [0.25, 0.3) is 5.89 Å². The molecule has 0 saturated carbocycles. The van der Waals surface area contributed by atoms with Crippen LogP contribution in [0.5, 0.6) is 0 Å². The average molecular weight is 448 g/mol. The Balaban J connectivity index is 1.41. The second-order valence-electron chi connectivity index (χ2n) is 7.42. The standard InChI is InChI=1S/C21H14F2N8O2/c22-12-4-2-7-24-16(12)19-27-28-20(33-19)21(32)30-8-6-13-17(26-10-25-13)18(30)14-9-11-3-1-5-15(23)31(11)29-14/h1-5,7,9-10,18H,6,8H2,(H,25,26)/t18-/m1/s1. The molecule has 6 rings (SSSR count). The number of rotatable bonds is 3. The van der Waals surface area contributed by atoms with Crippen molar-refractivity contribution in [3.05, 3.63) is 83.7 Å². The summed E-state index contributed by atoms with van der Waals surface area (Å²) in [5.41, 5.74) is 2.25. The van der Waals surface area contributed by atoms with Gasteiger partial charge in [0.1, 0.15) is 6.04 Å². The lowest BCUT2D eigenvalue weighted by molar-refractivity contribution is 0.0646. The molecule has 0 bridgehead atoms. The van der Waals surface area contributed by atoms with Crippen LogP contribution in [0.2, 0.25) is 0 Å². The van der Waals surface area contributed by atoms with Gasteiger partial charge in [-0.2, -0.15) is 9.49 Å². The Morgan fingerprint density at radius 3 is 2.91 bits per heavy atom. The van der Waals surface area contributed by atoms with E-state index in [0.29, 0.717) is 29.9 Å². The van der Waals surface area contributed by atoms with Crippen molar-refractivity contribution in [1.29, 1.82) is 0 Å². The second-order valence-corrected chi connectivity index (χ2v) is 7.42. The monoisotopic (exact) mass is 448 g/mol. The lowest BCUT2D eigenvalue weighted by atomic mass is 9.99. The van der Waals surface area contributed by atoms with Crippen LogP contribution >= 0.6 is 0 Å². The minimum atomic E-state index is -0.714. The minimum Gasteiger partial charge on any atom is -0.411 e. The molecule has 5 aromatic heterocycles. The lowest BCUT2D eigenvalue weighted by Crippen LogP contribution is -2.41. The van der Waals surface area contributed by atoms with E-state index in [1.54, 1.807) is 18.2 Å². The third-order valence-electron chi connectivity index (χ3n) is 5.49. The van der Waals surface area contributed by atoms with E-state index in [1.807, 2.05) is 0 Å². The molecule has 5 aromatic rings. The molecule has 0 aromatic carbocycles. The van der Waals surface area contributed by atoms with Gasteiger partial charge in [-0.3, -0.25) is 4.79 Å². The summed E-state index contributed by atoms with van der Waals surface area (Å²) in [5.74, 6) is -2.30. The van der Waals surface area contributed by atoms with Crippen molar-refractivity contribution in [2.75, 3.05) is 6.54 Å². The van der Waals surface area contributed by atoms with Crippen molar-refractivity contribution in [1.82, 2.24) is 39.7 Å². The largest absolute Gasteiger partial charge is 0.411 e. The van der Waals surface area contributed by atoms with Gasteiger partial charge in [-0.15, -0.1) is 10.2 Å². The number of nitrogens with zero attached hydrogens (tertiary/aromatic N) is 7. The zero-order chi connectivity index (χ0) is 22.5. The molecule has 1 aliphatic heterocycles. The number of aromatic amines is 1. The molecule has 0 saturated heterocycles. The van der Waals surface area contributed by atoms with Crippen LogP contribution in [0.3, 0.4) is 0 Å². The maximum Gasteiger partial charge on any atom is 0.312 e. The number of carbonyl (C=O) groups is 1. The number of H-pyrrole nitrogens is 1. The van der Waals surface area contributed by atoms with Gasteiger partial charge in [-0.1, -0.05) is 6.07 Å². The fourth-order valence-corrected chi connectivity index (χ4v) is 4.00. The van der Waals surface area contributed by atoms with E-state index in [-0.39, 0.29) is 17.5 Å². The van der Waals surface area contributed by atoms with Crippen LogP contribution in [-0.4, -0.2) is 52.1 Å². The van der Waals surface area contributed by atoms with Crippen LogP contribution in [0, 0.1) is 11.8 Å². The quantitative estimate of drug-likeness (QED) is 0.422. The highest BCUT2D eigenvalue weighted by Gasteiger charge is 2.38. The molecule has 1 atom stereocenters. The maximum atomic E-state index is 14.2. The summed E-state index contributed by atoms with van der Waals surface area (Å²) < 4.78 is 34.9. The molecule has 6 heterocycles. The Hall–Kier alpha value is -4.48. The van der Waals surface area contributed by atoms with Crippen molar-refractivity contribution < 1.29 is 18.0 Å². The molecule has 10 nitrogen and oxygen atoms in total. The van der Waals surface area contributed by atoms with Gasteiger partial charge in [-0.25, -0.2) is 18.9 Å². The molecule has 0 aliphatic carbocycles. The molecule has 1 N–H and O–H groups in total. The van der Waals surface area contributed by atoms with Crippen molar-refractivity contribution >= 4 is 11.4 Å². The summed E-state index contributed by atoms with van der Waals surface area (Å²) in [6.45, 7) is 0.296. The molecule has 0 radical (unpaired) electrons. The molecule has 164 valence electrons. The van der Waals surface area contributed by atoms with E-state index >= 15 is 0 Å². The number of fused-ring (bicyclic) bond motifs is 2. The lowest BCUT2D eigenvalue weighted by Gasteiger charge is -2.32. The van der Waals surface area contributed by atoms with E-state index in [0.717, 1.165) is 10.2 Å². The Morgan fingerprint density at radius 2 is 2.06 bits per heavy atom. The fraction of sp³-hybridized carbons (Fsp3) is 0.143. The molecule has 33 heavy (non-hydrogen) atoms. The zero-order valence-corrected chi connectivity index (χ0v) is 16.8. The number of imidazole rings is 1. The van der Waals surface area contributed by atoms with Gasteiger partial charge in [0, 0.05) is 24.9 Å². The third-order valence-corrected chi connectivity index (χ3v) is 5.49. The molecule has 0 spiro atoms. The van der Waals surface area contributed by atoms with Crippen molar-refractivity contribution in [3.63, 3.8) is 0 Å². The topological polar surface area (TPSA) is 118 Å². The van der Waals surface area contributed by atoms with Gasteiger partial charge in [0.2, 0.25) is 5.95 Å². The highest BCUT2D eigenvalue weighted by molar-refractivity contribution is 5.90. The molecule has 12 heteroatoms. The smallest absolute Gasteiger partial charge is 0.312 e. The Morgan fingerprint density at radius 1 is 1.15 bits per heavy atom. The van der Waals surface area contributed by atoms with E-state index in [9.17, 15) is 13.6 Å². The number of pyridine rings is 2. The van der Waals surface area contributed by atoms with Crippen molar-refractivity contribution in [2.24, 2.45) is 0 Å². The van der Waals surface area contributed by atoms with Gasteiger partial charge in [-0.05, 0) is 30.3 Å². The van der Waals surface area contributed by atoms with Crippen LogP contribution in [0.4, 0.5) is 8.78 Å². The maximum absolute atomic E-state index is 14.2. The highest BCUT2D eigenvalue weighted by atomic mass is 19.1. The van der Waals surface area contributed by atoms with E-state index < -0.39 is 23.7 Å². The number of halogens is 2. The Labute approximate surface area is 183 Å². The number of aromatic nitrogens is 7. The number of nitrogens with one attached hydrogen (secondary N) is 1. The molecular formula is C21H14F2N8O2. The first kappa shape index (κ1) is 19.2. The normalized spacial score (nSPS) is 15.7. The number of carbonyl (C=O) groups excluding carboxylic acids is 1. The summed E-state index contributed by atoms with van der Waals surface area (Å²) in [4.78, 5) is 26.2. The summed E-state index contributed by atoms with van der Waals surface area (Å²) in [6, 6.07) is 8.20. The van der Waals surface area contributed by atoms with Crippen LogP contribution in [0.1, 0.15) is 33.8 Å². The first-order valence-electron chi connectivity index (χ1n) is 10.0. The minimum absolute atomic E-state index is 0.148. The first-order chi connectivity index (χ1) is 16.1. The predicted molar refractivity (Wildman–Crippen MR) is 108 cm³/mol. The number of hydrogen-bond donors (Lipinski definition) is 1. The molecule has 0 unspecified atom stereocenters. The summed E-state index contributed by atoms with van der Waals surface area (Å²) in [5, 5.41) is 12.0. The molecule has 1 amide bonds. The fourth-order valence-electron chi connectivity index (χ4n) is 4.00. The van der Waals surface area contributed by atoms with Gasteiger partial charge in [0.15, 0.2) is 11.5 Å². The number of amides is 1. The second kappa shape index (κ2) is 7.29. The number of hydrogen-bond acceptors (Lipinski definition) is 7. The van der Waals surface area contributed by atoms with Crippen molar-refractivity contribution in [2.45, 2.75) is 12.5 Å². The van der Waals surface area contributed by atoms with E-state index in [1.165, 1.54) is 35.6 Å². The third kappa shape index (κ3) is 3.06. The first-order valence-corrected chi connectivity index (χ1v) is 10.0. The van der Waals surface area contributed by atoms with E-state index in [2.05, 4.69) is 30.2 Å². The Kier molecular flexibility index (Phi) is 4.25. The van der Waals surface area contributed by atoms with Gasteiger partial charge in [0.05, 0.1) is 23.2 Å². The molecular weight excluding hydrogens is 434 g/mol. The van der Waals surface area contributed by atoms with E-state index in [4.69, 9.17) is 4.42 Å². The average Bonchev–Trinajstić information content (AvgIpc) is 3.57. The van der Waals surface area contributed by atoms with Crippen LogP contribution in [0.25, 0.3) is 17.1 Å². The Bertz CT molecular complexity index is 1510. The predicted octanol–water partition coefficient (Wildman–Crippen LogP) is 2.57. The molecule has 1 aliphatic rings. The van der Waals surface area contributed by atoms with Gasteiger partial charge < -0.3 is 14.3 Å². The van der Waals surface area contributed by atoms with Crippen LogP contribution in [0.15, 0.2) is 53.3 Å². The van der Waals surface area contributed by atoms with Crippen molar-refractivity contribution in [3.8, 4) is 11.6 Å². The summed E-state index contributed by atoms with van der Waals surface area (Å²) in [7, 11) is 0. The van der Waals surface area contributed by atoms with Gasteiger partial charge >= 0.3 is 11.8 Å². The SMILES string of the molecule is O=C(c1nnc(-c2ncccc2F)o1)N1CCc2[nH]cnc2[C@H]1c1cc2cccc(F)n2n1. The highest BCUT2D eigenvalue weighted by Crippen LogP contribution is 2.34. The van der Waals surface area contributed by atoms with Crippen LogP contribution < -0.4 is 0 Å². The summed E-state index contributed by atoms with van der Waals surface area (Å²) in [6.07, 6.45) is 3.43. The van der Waals surface area contributed by atoms with Crippen LogP contribution in [-0.2, 0) is 6.42 Å². The molecule has 0 fully saturated rings. The zero-order valence-electron chi connectivity index (χ0n) is 16.8. The summed E-state index contributed by atoms with van der Waals surface area (Å²) >= 11 is 0.